The molecule has 3 aromatic rings. The number of carbonyl (C=O) groups is 2. The Hall–Kier alpha value is -2.37. The van der Waals surface area contributed by atoms with Crippen molar-refractivity contribution < 1.29 is 14.3 Å². The first-order valence-corrected chi connectivity index (χ1v) is 8.37. The lowest BCUT2D eigenvalue weighted by molar-refractivity contribution is 0.0475. The fraction of sp³-hybridized carbons (Fsp3) is 0.167. The zero-order valence-corrected chi connectivity index (χ0v) is 14.8. The second-order valence-corrected chi connectivity index (χ2v) is 6.16. The van der Waals surface area contributed by atoms with E-state index in [1.807, 2.05) is 25.1 Å². The number of hydrogen-bond donors (Lipinski definition) is 1. The minimum atomic E-state index is -0.687. The van der Waals surface area contributed by atoms with Crippen LogP contribution in [-0.2, 0) is 11.2 Å². The number of halogens is 2. The predicted molar refractivity (Wildman–Crippen MR) is 96.5 cm³/mol. The average molecular weight is 377 g/mol. The first-order valence-electron chi connectivity index (χ1n) is 7.61. The van der Waals surface area contributed by atoms with Crippen molar-refractivity contribution >= 4 is 45.9 Å². The van der Waals surface area contributed by atoms with Gasteiger partial charge in [0.15, 0.2) is 6.61 Å². The van der Waals surface area contributed by atoms with Gasteiger partial charge in [0.1, 0.15) is 5.15 Å². The Morgan fingerprint density at radius 2 is 2.08 bits per heavy atom. The van der Waals surface area contributed by atoms with Gasteiger partial charge in [-0.05, 0) is 18.1 Å². The van der Waals surface area contributed by atoms with E-state index in [1.165, 1.54) is 12.3 Å². The number of aromatic amines is 1. The minimum Gasteiger partial charge on any atom is -0.454 e. The van der Waals surface area contributed by atoms with Crippen LogP contribution >= 0.6 is 23.2 Å². The summed E-state index contributed by atoms with van der Waals surface area (Å²) in [5.41, 5.74) is 2.67. The number of ketones is 1. The van der Waals surface area contributed by atoms with Gasteiger partial charge in [-0.3, -0.25) is 4.79 Å². The second-order valence-electron chi connectivity index (χ2n) is 5.39. The third-order valence-electron chi connectivity index (χ3n) is 3.85. The van der Waals surface area contributed by atoms with Crippen molar-refractivity contribution in [3.05, 3.63) is 63.5 Å². The van der Waals surface area contributed by atoms with Crippen LogP contribution in [-0.4, -0.2) is 28.3 Å². The molecule has 5 nitrogen and oxygen atoms in total. The summed E-state index contributed by atoms with van der Waals surface area (Å²) in [4.78, 5) is 31.3. The minimum absolute atomic E-state index is 0.0970. The zero-order chi connectivity index (χ0) is 18.0. The summed E-state index contributed by atoms with van der Waals surface area (Å²) in [6, 6.07) is 7.12. The molecule has 0 bridgehead atoms. The third kappa shape index (κ3) is 3.52. The van der Waals surface area contributed by atoms with Gasteiger partial charge in [0.05, 0.1) is 10.6 Å². The maximum atomic E-state index is 12.4. The molecule has 0 aliphatic rings. The molecule has 1 aromatic carbocycles. The van der Waals surface area contributed by atoms with Crippen molar-refractivity contribution in [2.75, 3.05) is 6.61 Å². The van der Waals surface area contributed by atoms with Gasteiger partial charge in [0.25, 0.3) is 0 Å². The summed E-state index contributed by atoms with van der Waals surface area (Å²) in [7, 11) is 0. The van der Waals surface area contributed by atoms with E-state index in [1.54, 1.807) is 6.20 Å². The Labute approximate surface area is 153 Å². The van der Waals surface area contributed by atoms with Crippen molar-refractivity contribution in [2.45, 2.75) is 13.3 Å². The highest BCUT2D eigenvalue weighted by Crippen LogP contribution is 2.23. The number of rotatable bonds is 5. The van der Waals surface area contributed by atoms with Gasteiger partial charge >= 0.3 is 5.97 Å². The van der Waals surface area contributed by atoms with Gasteiger partial charge in [-0.25, -0.2) is 9.78 Å². The normalized spacial score (nSPS) is 10.8. The predicted octanol–water partition coefficient (Wildman–Crippen LogP) is 4.47. The fourth-order valence-electron chi connectivity index (χ4n) is 2.57. The van der Waals surface area contributed by atoms with Crippen LogP contribution in [0.4, 0.5) is 0 Å². The number of para-hydroxylation sites is 1. The number of H-pyrrole nitrogens is 1. The van der Waals surface area contributed by atoms with E-state index in [9.17, 15) is 9.59 Å². The van der Waals surface area contributed by atoms with Gasteiger partial charge in [-0.1, -0.05) is 48.3 Å². The van der Waals surface area contributed by atoms with Crippen molar-refractivity contribution in [2.24, 2.45) is 0 Å². The molecule has 0 aliphatic carbocycles. The van der Waals surface area contributed by atoms with E-state index in [0.29, 0.717) is 5.56 Å². The number of aromatic nitrogens is 2. The van der Waals surface area contributed by atoms with Crippen LogP contribution in [0.1, 0.15) is 33.2 Å². The van der Waals surface area contributed by atoms with E-state index >= 15 is 0 Å². The molecule has 0 saturated carbocycles. The molecular weight excluding hydrogens is 363 g/mol. The van der Waals surface area contributed by atoms with Crippen LogP contribution in [0.15, 0.2) is 36.7 Å². The highest BCUT2D eigenvalue weighted by Gasteiger charge is 2.17. The number of nitrogens with one attached hydrogen (secondary N) is 1. The maximum absolute atomic E-state index is 12.4. The molecule has 1 N–H and O–H groups in total. The largest absolute Gasteiger partial charge is 0.454 e. The summed E-state index contributed by atoms with van der Waals surface area (Å²) < 4.78 is 5.07. The second kappa shape index (κ2) is 7.25. The molecule has 2 heterocycles. The van der Waals surface area contributed by atoms with Crippen molar-refractivity contribution in [3.8, 4) is 0 Å². The number of fused-ring (bicyclic) bond motifs is 1. The highest BCUT2D eigenvalue weighted by atomic mass is 35.5. The molecule has 0 saturated heterocycles. The molecule has 0 spiro atoms. The van der Waals surface area contributed by atoms with Crippen molar-refractivity contribution in [1.29, 1.82) is 0 Å². The van der Waals surface area contributed by atoms with Gasteiger partial charge in [0.2, 0.25) is 5.78 Å². The van der Waals surface area contributed by atoms with E-state index in [2.05, 4.69) is 9.97 Å². The first kappa shape index (κ1) is 17.5. The molecule has 0 unspecified atom stereocenters. The Balaban J connectivity index is 1.74. The molecule has 128 valence electrons. The summed E-state index contributed by atoms with van der Waals surface area (Å²) in [6.45, 7) is 1.67. The number of ether oxygens (including phenoxy) is 1. The molecule has 0 radical (unpaired) electrons. The first-order chi connectivity index (χ1) is 12.0. The van der Waals surface area contributed by atoms with Crippen LogP contribution in [0.2, 0.25) is 10.2 Å². The van der Waals surface area contributed by atoms with Gasteiger partial charge in [0, 0.05) is 28.9 Å². The van der Waals surface area contributed by atoms with Crippen LogP contribution in [0.3, 0.4) is 0 Å². The number of aryl methyl sites for hydroxylation is 1. The van der Waals surface area contributed by atoms with Crippen LogP contribution in [0.5, 0.6) is 0 Å². The lowest BCUT2D eigenvalue weighted by Gasteiger charge is -2.05. The number of esters is 1. The lowest BCUT2D eigenvalue weighted by Crippen LogP contribution is -2.14. The smallest absolute Gasteiger partial charge is 0.340 e. The van der Waals surface area contributed by atoms with Crippen molar-refractivity contribution in [1.82, 2.24) is 9.97 Å². The SMILES string of the molecule is CCc1cccc2c(C(=O)COC(=O)c3cnc(Cl)c(Cl)c3)c[nH]c12. The van der Waals surface area contributed by atoms with Gasteiger partial charge in [-0.2, -0.15) is 0 Å². The van der Waals surface area contributed by atoms with Crippen LogP contribution in [0.25, 0.3) is 10.9 Å². The highest BCUT2D eigenvalue weighted by molar-refractivity contribution is 6.41. The Bertz CT molecular complexity index is 966. The number of Topliss-reactive ketones (excluding diaryl/α,β-unsaturated/α-hetero) is 1. The molecule has 25 heavy (non-hydrogen) atoms. The van der Waals surface area contributed by atoms with Crippen LogP contribution in [0, 0.1) is 0 Å². The summed E-state index contributed by atoms with van der Waals surface area (Å²) in [6.07, 6.45) is 3.74. The topological polar surface area (TPSA) is 72.1 Å². The van der Waals surface area contributed by atoms with E-state index in [0.717, 1.165) is 22.9 Å². The summed E-state index contributed by atoms with van der Waals surface area (Å²) in [5, 5.41) is 1.06. The Kier molecular flexibility index (Phi) is 5.06. The quantitative estimate of drug-likeness (QED) is 0.405. The molecule has 3 rings (SSSR count). The van der Waals surface area contributed by atoms with Gasteiger partial charge < -0.3 is 9.72 Å². The van der Waals surface area contributed by atoms with Gasteiger partial charge in [-0.15, -0.1) is 0 Å². The number of hydrogen-bond acceptors (Lipinski definition) is 4. The monoisotopic (exact) mass is 376 g/mol. The molecule has 0 fully saturated rings. The number of pyridine rings is 1. The molecule has 0 amide bonds. The molecule has 0 aliphatic heterocycles. The summed E-state index contributed by atoms with van der Waals surface area (Å²) >= 11 is 11.5. The molecule has 2 aromatic heterocycles. The molecule has 7 heteroatoms. The lowest BCUT2D eigenvalue weighted by atomic mass is 10.1. The standard InChI is InChI=1S/C18H14Cl2N2O3/c1-2-10-4-3-5-12-13(8-21-16(10)12)15(23)9-25-18(24)11-6-14(19)17(20)22-7-11/h3-8,21H,2,9H2,1H3. The van der Waals surface area contributed by atoms with Crippen molar-refractivity contribution in [3.63, 3.8) is 0 Å². The van der Waals surface area contributed by atoms with E-state index < -0.39 is 5.97 Å². The number of benzene rings is 1. The average Bonchev–Trinajstić information content (AvgIpc) is 3.05. The zero-order valence-electron chi connectivity index (χ0n) is 13.3. The molecule has 0 atom stereocenters. The Morgan fingerprint density at radius 1 is 1.28 bits per heavy atom. The maximum Gasteiger partial charge on any atom is 0.340 e. The summed E-state index contributed by atoms with van der Waals surface area (Å²) in [5.74, 6) is -0.977. The van der Waals surface area contributed by atoms with Crippen LogP contribution < -0.4 is 0 Å². The number of nitrogens with zero attached hydrogens (tertiary/aromatic N) is 1. The fourth-order valence-corrected chi connectivity index (χ4v) is 2.84. The number of carbonyl (C=O) groups excluding carboxylic acids is 2. The Morgan fingerprint density at radius 3 is 2.80 bits per heavy atom. The van der Waals surface area contributed by atoms with E-state index in [4.69, 9.17) is 27.9 Å². The molecular formula is C18H14Cl2N2O3. The van der Waals surface area contributed by atoms with E-state index in [-0.39, 0.29) is 28.1 Å². The third-order valence-corrected chi connectivity index (χ3v) is 4.54.